The first kappa shape index (κ1) is 22.0. The molecule has 4 aliphatic rings. The molecule has 3 N–H and O–H groups in total. The molecule has 2 fully saturated rings. The monoisotopic (exact) mass is 489 g/mol. The second-order valence-electron chi connectivity index (χ2n) is 9.23. The minimum Gasteiger partial charge on any atom is -0.339 e. The molecule has 0 saturated carbocycles. The number of piperidine rings is 1. The maximum absolute atomic E-state index is 12.6. The average molecular weight is 490 g/mol. The van der Waals surface area contributed by atoms with Crippen LogP contribution in [0.1, 0.15) is 46.6 Å². The summed E-state index contributed by atoms with van der Waals surface area (Å²) >= 11 is 1.32. The molecule has 11 heteroatoms. The third-order valence-electron chi connectivity index (χ3n) is 7.08. The van der Waals surface area contributed by atoms with Gasteiger partial charge in [-0.3, -0.25) is 19.9 Å². The number of fused-ring (bicyclic) bond motifs is 2. The summed E-state index contributed by atoms with van der Waals surface area (Å²) in [6, 6.07) is 7.57. The molecule has 0 aliphatic carbocycles. The van der Waals surface area contributed by atoms with E-state index in [4.69, 9.17) is 10.8 Å². The number of aliphatic imine (C=N–C) groups is 2. The third kappa shape index (κ3) is 3.72. The number of anilines is 1. The number of carbonyl (C=O) groups is 2. The van der Waals surface area contributed by atoms with Crippen LogP contribution in [-0.4, -0.2) is 56.1 Å². The lowest BCUT2D eigenvalue weighted by molar-refractivity contribution is -0.750. The van der Waals surface area contributed by atoms with Crippen molar-refractivity contribution in [2.75, 3.05) is 11.9 Å². The van der Waals surface area contributed by atoms with Crippen LogP contribution in [0.5, 0.6) is 0 Å². The summed E-state index contributed by atoms with van der Waals surface area (Å²) in [7, 11) is 0. The summed E-state index contributed by atoms with van der Waals surface area (Å²) in [5.41, 5.74) is 3.03. The fourth-order valence-electron chi connectivity index (χ4n) is 5.28. The Morgan fingerprint density at radius 3 is 2.80 bits per heavy atom. The number of nitrogens with zero attached hydrogens (tertiary/aromatic N) is 6. The molecule has 0 spiro atoms. The Morgan fingerprint density at radius 1 is 1.20 bits per heavy atom. The molecule has 0 bridgehead atoms. The molecule has 0 radical (unpaired) electrons. The second kappa shape index (κ2) is 8.29. The number of carbonyl (C=O) groups excluding carboxylic acids is 2. The smallest absolute Gasteiger partial charge is 0.264 e. The zero-order chi connectivity index (χ0) is 24.2. The molecule has 3 atom stereocenters. The number of hydrogen-bond acceptors (Lipinski definition) is 8. The molecule has 1 unspecified atom stereocenters. The summed E-state index contributed by atoms with van der Waals surface area (Å²) in [6.45, 7) is 2.50. The largest absolute Gasteiger partial charge is 0.339 e. The average Bonchev–Trinajstić information content (AvgIpc) is 3.54. The van der Waals surface area contributed by atoms with Gasteiger partial charge in [0.15, 0.2) is 0 Å². The third-order valence-corrected chi connectivity index (χ3v) is 7.83. The van der Waals surface area contributed by atoms with Gasteiger partial charge >= 0.3 is 0 Å². The van der Waals surface area contributed by atoms with Crippen LogP contribution in [0.4, 0.5) is 5.13 Å². The number of allylic oxidation sites excluding steroid dienone is 1. The summed E-state index contributed by atoms with van der Waals surface area (Å²) in [5, 5.41) is 11.9. The van der Waals surface area contributed by atoms with Crippen LogP contribution >= 0.6 is 11.3 Å². The van der Waals surface area contributed by atoms with Gasteiger partial charge in [0.25, 0.3) is 11.7 Å². The maximum atomic E-state index is 12.6. The maximum Gasteiger partial charge on any atom is 0.264 e. The van der Waals surface area contributed by atoms with E-state index < -0.39 is 0 Å². The van der Waals surface area contributed by atoms with Gasteiger partial charge in [0.05, 0.1) is 18.0 Å². The van der Waals surface area contributed by atoms with E-state index in [9.17, 15) is 9.59 Å². The Kier molecular flexibility index (Phi) is 5.20. The van der Waals surface area contributed by atoms with E-state index in [2.05, 4.69) is 20.5 Å². The van der Waals surface area contributed by atoms with Gasteiger partial charge in [-0.2, -0.15) is 10.8 Å². The Morgan fingerprint density at radius 2 is 2.03 bits per heavy atom. The molecule has 2 amide bonds. The molecule has 2 aromatic rings. The predicted molar refractivity (Wildman–Crippen MR) is 132 cm³/mol. The van der Waals surface area contributed by atoms with Gasteiger partial charge in [0, 0.05) is 30.5 Å². The molecule has 4 aliphatic heterocycles. The highest BCUT2D eigenvalue weighted by Gasteiger charge is 2.47. The van der Waals surface area contributed by atoms with Gasteiger partial charge in [-0.25, -0.2) is 0 Å². The van der Waals surface area contributed by atoms with Crippen LogP contribution in [0.2, 0.25) is 0 Å². The van der Waals surface area contributed by atoms with E-state index in [1.54, 1.807) is 24.5 Å². The normalized spacial score (nSPS) is 27.2. The summed E-state index contributed by atoms with van der Waals surface area (Å²) in [6.07, 6.45) is 8.79. The topological polar surface area (TPSA) is 126 Å². The highest BCUT2D eigenvalue weighted by atomic mass is 32.1. The van der Waals surface area contributed by atoms with Crippen molar-refractivity contribution in [3.8, 4) is 0 Å². The molecule has 1 aromatic carbocycles. The lowest BCUT2D eigenvalue weighted by Crippen LogP contribution is -2.53. The molecule has 6 rings (SSSR count). The first-order chi connectivity index (χ1) is 16.9. The number of aryl methyl sites for hydroxylation is 1. The van der Waals surface area contributed by atoms with Crippen molar-refractivity contribution in [1.82, 2.24) is 15.1 Å². The molecular weight excluding hydrogens is 464 g/mol. The van der Waals surface area contributed by atoms with Crippen LogP contribution in [0.3, 0.4) is 0 Å². The van der Waals surface area contributed by atoms with E-state index >= 15 is 0 Å². The van der Waals surface area contributed by atoms with Crippen LogP contribution in [0.15, 0.2) is 58.0 Å². The van der Waals surface area contributed by atoms with Crippen molar-refractivity contribution >= 4 is 40.3 Å². The number of quaternary nitrogens is 1. The predicted octanol–water partition coefficient (Wildman–Crippen LogP) is 2.72. The van der Waals surface area contributed by atoms with Crippen molar-refractivity contribution in [1.29, 1.82) is 0 Å². The number of rotatable bonds is 4. The zero-order valence-electron chi connectivity index (χ0n) is 19.2. The summed E-state index contributed by atoms with van der Waals surface area (Å²) < 4.78 is -0.0810. The quantitative estimate of drug-likeness (QED) is 0.505. The number of hydrogen-bond donors (Lipinski definition) is 2. The molecule has 1 aromatic heterocycles. The van der Waals surface area contributed by atoms with Crippen molar-refractivity contribution in [3.05, 3.63) is 64.2 Å². The van der Waals surface area contributed by atoms with Crippen molar-refractivity contribution in [3.63, 3.8) is 0 Å². The van der Waals surface area contributed by atoms with Gasteiger partial charge in [0.2, 0.25) is 16.7 Å². The molecule has 35 heavy (non-hydrogen) atoms. The Balaban J connectivity index is 1.28. The van der Waals surface area contributed by atoms with Gasteiger partial charge < -0.3 is 4.90 Å². The van der Waals surface area contributed by atoms with Crippen LogP contribution < -0.4 is 11.2 Å². The van der Waals surface area contributed by atoms with Gasteiger partial charge in [-0.05, 0) is 50.5 Å². The van der Waals surface area contributed by atoms with Crippen LogP contribution in [-0.2, 0) is 4.79 Å². The second-order valence-corrected chi connectivity index (χ2v) is 10.4. The lowest BCUT2D eigenvalue weighted by Gasteiger charge is -2.35. The van der Waals surface area contributed by atoms with E-state index in [1.807, 2.05) is 30.2 Å². The van der Waals surface area contributed by atoms with Crippen molar-refractivity contribution in [2.45, 2.75) is 38.6 Å². The summed E-state index contributed by atoms with van der Waals surface area (Å²) in [5.74, 6) is 7.63. The van der Waals surface area contributed by atoms with E-state index in [0.717, 1.165) is 41.2 Å². The molecule has 178 valence electrons. The highest BCUT2D eigenvalue weighted by Crippen LogP contribution is 2.40. The number of amidine groups is 1. The Labute approximate surface area is 206 Å². The van der Waals surface area contributed by atoms with Crippen LogP contribution in [0, 0.1) is 12.8 Å². The Bertz CT molecular complexity index is 1340. The SMILES string of the molecule is Cc1nnc(NC(=O)c2ccc(C3=NC([C@@H]4CC[C@H]5CCC(=O)N5C4)=C4C=NC=C[N+]34N)cc2)s1. The minimum absolute atomic E-state index is 0.0810. The highest BCUT2D eigenvalue weighted by molar-refractivity contribution is 7.15. The Hall–Kier alpha value is -3.54. The molecular formula is C24H25N8O2S+. The standard InChI is InChI=1S/C24H24N8O2S/c1-14-29-30-24(35-14)28-23(34)16-4-2-15(3-5-16)22-27-21(19-12-26-10-11-32(19,22)25)17-6-7-18-8-9-20(33)31(18)13-17/h2-5,10-12,17-18H,6-9,13,25H2,1H3/p+1/t17-,18+,32?/m1/s1. The lowest BCUT2D eigenvalue weighted by atomic mass is 9.90. The number of benzene rings is 1. The minimum atomic E-state index is -0.255. The molecule has 5 heterocycles. The zero-order valence-corrected chi connectivity index (χ0v) is 20.0. The van der Waals surface area contributed by atoms with Gasteiger partial charge in [-0.1, -0.05) is 11.3 Å². The van der Waals surface area contributed by atoms with Crippen molar-refractivity contribution < 1.29 is 14.2 Å². The van der Waals surface area contributed by atoms with E-state index in [-0.39, 0.29) is 22.3 Å². The fourth-order valence-corrected chi connectivity index (χ4v) is 5.87. The summed E-state index contributed by atoms with van der Waals surface area (Å²) in [4.78, 5) is 36.4. The van der Waals surface area contributed by atoms with Gasteiger partial charge in [0.1, 0.15) is 16.9 Å². The number of nitrogens with one attached hydrogen (secondary N) is 1. The number of aromatic nitrogens is 2. The van der Waals surface area contributed by atoms with Gasteiger partial charge in [-0.15, -0.1) is 14.8 Å². The van der Waals surface area contributed by atoms with Crippen LogP contribution in [0.25, 0.3) is 0 Å². The molecule has 10 nitrogen and oxygen atoms in total. The first-order valence-electron chi connectivity index (χ1n) is 11.7. The van der Waals surface area contributed by atoms with E-state index in [0.29, 0.717) is 35.5 Å². The number of nitrogens with two attached hydrogens (primary N) is 1. The molecule has 2 saturated heterocycles. The van der Waals surface area contributed by atoms with E-state index in [1.165, 1.54) is 11.3 Å². The number of amides is 2. The fraction of sp³-hybridized carbons (Fsp3) is 0.333. The van der Waals surface area contributed by atoms with Crippen molar-refractivity contribution in [2.24, 2.45) is 21.7 Å². The first-order valence-corrected chi connectivity index (χ1v) is 12.5.